The highest BCUT2D eigenvalue weighted by Crippen LogP contribution is 2.27. The van der Waals surface area contributed by atoms with Crippen LogP contribution < -0.4 is 10.1 Å². The van der Waals surface area contributed by atoms with E-state index in [0.29, 0.717) is 24.5 Å². The lowest BCUT2D eigenvalue weighted by Gasteiger charge is -2.18. The molecule has 0 spiro atoms. The van der Waals surface area contributed by atoms with Crippen molar-refractivity contribution in [3.05, 3.63) is 58.6 Å². The smallest absolute Gasteiger partial charge is 0.224 e. The number of halogens is 1. The van der Waals surface area contributed by atoms with Crippen molar-refractivity contribution in [3.63, 3.8) is 0 Å². The Morgan fingerprint density at radius 3 is 2.88 bits per heavy atom. The molecule has 0 saturated heterocycles. The minimum Gasteiger partial charge on any atom is -0.490 e. The van der Waals surface area contributed by atoms with Gasteiger partial charge in [0.2, 0.25) is 5.91 Å². The highest BCUT2D eigenvalue weighted by molar-refractivity contribution is 6.30. The molecule has 0 bridgehead atoms. The predicted octanol–water partition coefficient (Wildman–Crippen LogP) is 3.80. The minimum absolute atomic E-state index is 0.0624. The first-order valence-electron chi connectivity index (χ1n) is 8.21. The summed E-state index contributed by atoms with van der Waals surface area (Å²) in [4.78, 5) is 16.9. The summed E-state index contributed by atoms with van der Waals surface area (Å²) in [6.45, 7) is 0.422. The van der Waals surface area contributed by atoms with Crippen LogP contribution in [0.4, 0.5) is 5.69 Å². The highest BCUT2D eigenvalue weighted by Gasteiger charge is 2.23. The number of aryl methyl sites for hydroxylation is 1. The molecule has 2 heterocycles. The topological polar surface area (TPSA) is 59.9 Å². The van der Waals surface area contributed by atoms with E-state index in [2.05, 4.69) is 10.5 Å². The van der Waals surface area contributed by atoms with Crippen molar-refractivity contribution < 1.29 is 14.4 Å². The molecule has 1 unspecified atom stereocenters. The highest BCUT2D eigenvalue weighted by atomic mass is 35.5. The van der Waals surface area contributed by atoms with Gasteiger partial charge in [0.15, 0.2) is 6.10 Å². The molecule has 25 heavy (non-hydrogen) atoms. The summed E-state index contributed by atoms with van der Waals surface area (Å²) in [7, 11) is 0. The Bertz CT molecular complexity index is 833. The monoisotopic (exact) mass is 356 g/mol. The maximum absolute atomic E-state index is 11.4. The third-order valence-corrected chi connectivity index (χ3v) is 4.57. The van der Waals surface area contributed by atoms with Crippen molar-refractivity contribution in [1.82, 2.24) is 0 Å². The van der Waals surface area contributed by atoms with Gasteiger partial charge in [0.25, 0.3) is 0 Å². The number of nitrogens with one attached hydrogen (secondary N) is 1. The fraction of sp³-hybridized carbons (Fsp3) is 0.263. The number of fused-ring (bicyclic) bond motifs is 1. The van der Waals surface area contributed by atoms with Gasteiger partial charge in [-0.15, -0.1) is 0 Å². The van der Waals surface area contributed by atoms with E-state index in [4.69, 9.17) is 21.2 Å². The van der Waals surface area contributed by atoms with Gasteiger partial charge in [-0.3, -0.25) is 4.79 Å². The Labute approximate surface area is 150 Å². The van der Waals surface area contributed by atoms with Crippen LogP contribution in [0.15, 0.2) is 47.6 Å². The van der Waals surface area contributed by atoms with Crippen LogP contribution in [0, 0.1) is 0 Å². The second-order valence-electron chi connectivity index (χ2n) is 6.15. The lowest BCUT2D eigenvalue weighted by molar-refractivity contribution is -0.116. The lowest BCUT2D eigenvalue weighted by atomic mass is 10.0. The van der Waals surface area contributed by atoms with Crippen molar-refractivity contribution in [2.45, 2.75) is 25.4 Å². The van der Waals surface area contributed by atoms with Crippen molar-refractivity contribution in [3.8, 4) is 5.75 Å². The van der Waals surface area contributed by atoms with E-state index >= 15 is 0 Å². The van der Waals surface area contributed by atoms with Crippen LogP contribution in [0.25, 0.3) is 0 Å². The molecule has 2 aliphatic rings. The molecule has 0 aromatic heterocycles. The van der Waals surface area contributed by atoms with Gasteiger partial charge in [-0.1, -0.05) is 28.9 Å². The van der Waals surface area contributed by atoms with E-state index in [-0.39, 0.29) is 12.0 Å². The molecule has 2 aromatic carbocycles. The van der Waals surface area contributed by atoms with Gasteiger partial charge in [0.1, 0.15) is 12.4 Å². The van der Waals surface area contributed by atoms with Crippen LogP contribution in [0.5, 0.6) is 5.75 Å². The average Bonchev–Trinajstić information content (AvgIpc) is 3.09. The van der Waals surface area contributed by atoms with Crippen molar-refractivity contribution >= 4 is 28.9 Å². The van der Waals surface area contributed by atoms with Crippen LogP contribution >= 0.6 is 11.6 Å². The van der Waals surface area contributed by atoms with Crippen LogP contribution in [-0.4, -0.2) is 24.3 Å². The van der Waals surface area contributed by atoms with Gasteiger partial charge >= 0.3 is 0 Å². The second kappa shape index (κ2) is 6.76. The zero-order valence-corrected chi connectivity index (χ0v) is 14.3. The minimum atomic E-state index is -0.110. The van der Waals surface area contributed by atoms with E-state index in [1.807, 2.05) is 42.5 Å². The molecule has 1 atom stereocenters. The van der Waals surface area contributed by atoms with Gasteiger partial charge in [0.05, 0.1) is 5.71 Å². The summed E-state index contributed by atoms with van der Waals surface area (Å²) in [6.07, 6.45) is 1.84. The quantitative estimate of drug-likeness (QED) is 0.906. The number of benzene rings is 2. The first kappa shape index (κ1) is 16.0. The van der Waals surface area contributed by atoms with Crippen molar-refractivity contribution in [2.75, 3.05) is 11.9 Å². The third kappa shape index (κ3) is 3.61. The number of amides is 1. The number of hydrogen-bond acceptors (Lipinski definition) is 4. The largest absolute Gasteiger partial charge is 0.490 e. The molecule has 0 fully saturated rings. The number of rotatable bonds is 4. The van der Waals surface area contributed by atoms with E-state index in [9.17, 15) is 4.79 Å². The lowest BCUT2D eigenvalue weighted by Crippen LogP contribution is -2.20. The standard InChI is InChI=1S/C19H17ClN2O3/c20-14-4-1-12(2-5-14)18-10-16(25-22-18)11-24-15-6-7-17-13(9-15)3-8-19(23)21-17/h1-2,4-7,9,16H,3,8,10-11H2,(H,21,23). The Morgan fingerprint density at radius 1 is 1.20 bits per heavy atom. The summed E-state index contributed by atoms with van der Waals surface area (Å²) >= 11 is 5.91. The maximum Gasteiger partial charge on any atom is 0.224 e. The second-order valence-corrected chi connectivity index (χ2v) is 6.59. The summed E-state index contributed by atoms with van der Waals surface area (Å²) in [5, 5.41) is 7.72. The molecule has 2 aromatic rings. The van der Waals surface area contributed by atoms with Crippen molar-refractivity contribution in [1.29, 1.82) is 0 Å². The third-order valence-electron chi connectivity index (χ3n) is 4.32. The van der Waals surface area contributed by atoms with Gasteiger partial charge in [-0.2, -0.15) is 0 Å². The average molecular weight is 357 g/mol. The van der Waals surface area contributed by atoms with Gasteiger partial charge in [-0.25, -0.2) is 0 Å². The van der Waals surface area contributed by atoms with Crippen molar-refractivity contribution in [2.24, 2.45) is 5.16 Å². The molecule has 0 aliphatic carbocycles. The molecule has 2 aliphatic heterocycles. The van der Waals surface area contributed by atoms with Gasteiger partial charge in [0, 0.05) is 23.6 Å². The number of hydrogen-bond donors (Lipinski definition) is 1. The molecule has 0 saturated carbocycles. The Kier molecular flexibility index (Phi) is 4.32. The summed E-state index contributed by atoms with van der Waals surface area (Å²) in [5.74, 6) is 0.839. The van der Waals surface area contributed by atoms with Crippen LogP contribution in [0.2, 0.25) is 5.02 Å². The van der Waals surface area contributed by atoms with E-state index in [1.54, 1.807) is 0 Å². The van der Waals surface area contributed by atoms with E-state index in [0.717, 1.165) is 34.7 Å². The van der Waals surface area contributed by atoms with E-state index in [1.165, 1.54) is 0 Å². The zero-order valence-electron chi connectivity index (χ0n) is 13.5. The fourth-order valence-corrected chi connectivity index (χ4v) is 3.10. The van der Waals surface area contributed by atoms with Crippen LogP contribution in [0.1, 0.15) is 24.0 Å². The molecule has 128 valence electrons. The first-order valence-corrected chi connectivity index (χ1v) is 8.59. The Hall–Kier alpha value is -2.53. The fourth-order valence-electron chi connectivity index (χ4n) is 2.97. The Morgan fingerprint density at radius 2 is 2.04 bits per heavy atom. The van der Waals surface area contributed by atoms with Crippen LogP contribution in [-0.2, 0) is 16.1 Å². The number of carbonyl (C=O) groups excluding carboxylic acids is 1. The maximum atomic E-state index is 11.4. The van der Waals surface area contributed by atoms with E-state index < -0.39 is 0 Å². The summed E-state index contributed by atoms with van der Waals surface area (Å²) in [5.41, 5.74) is 3.88. The first-order chi connectivity index (χ1) is 12.2. The molecule has 0 radical (unpaired) electrons. The SMILES string of the molecule is O=C1CCc2cc(OCC3CC(c4ccc(Cl)cc4)=NO3)ccc2N1. The molecule has 4 rings (SSSR count). The molecule has 6 heteroatoms. The molecular formula is C19H17ClN2O3. The number of carbonyl (C=O) groups is 1. The zero-order chi connectivity index (χ0) is 17.2. The molecule has 1 N–H and O–H groups in total. The molecule has 1 amide bonds. The summed E-state index contributed by atoms with van der Waals surface area (Å²) < 4.78 is 5.85. The number of oxime groups is 1. The summed E-state index contributed by atoms with van der Waals surface area (Å²) in [6, 6.07) is 13.3. The number of ether oxygens (including phenoxy) is 1. The molecule has 5 nitrogen and oxygen atoms in total. The Balaban J connectivity index is 1.34. The normalized spacial score (nSPS) is 18.8. The van der Waals surface area contributed by atoms with Gasteiger partial charge < -0.3 is 14.9 Å². The van der Waals surface area contributed by atoms with Gasteiger partial charge in [-0.05, 0) is 47.9 Å². The predicted molar refractivity (Wildman–Crippen MR) is 96.4 cm³/mol. The van der Waals surface area contributed by atoms with Crippen LogP contribution in [0.3, 0.4) is 0 Å². The number of nitrogens with zero attached hydrogens (tertiary/aromatic N) is 1. The number of anilines is 1. The molecular weight excluding hydrogens is 340 g/mol.